The molecule has 0 spiro atoms. The molecular weight excluding hydrogens is 400 g/mol. The molecule has 4 heteroatoms. The van der Waals surface area contributed by atoms with Crippen LogP contribution in [-0.2, 0) is 20.9 Å². The van der Waals surface area contributed by atoms with Crippen LogP contribution in [0.25, 0.3) is 0 Å². The van der Waals surface area contributed by atoms with Crippen LogP contribution in [0.2, 0.25) is 0 Å². The Balaban J connectivity index is 1.29. The molecule has 0 amide bonds. The predicted molar refractivity (Wildman–Crippen MR) is 124 cm³/mol. The van der Waals surface area contributed by atoms with Gasteiger partial charge in [-0.15, -0.1) is 0 Å². The minimum atomic E-state index is -0.530. The molecular formula is C28H40O4. The van der Waals surface area contributed by atoms with E-state index in [4.69, 9.17) is 9.47 Å². The molecule has 0 bridgehead atoms. The van der Waals surface area contributed by atoms with Crippen molar-refractivity contribution >= 4 is 5.97 Å². The van der Waals surface area contributed by atoms with Gasteiger partial charge in [0.05, 0.1) is 18.8 Å². The number of ether oxygens (including phenoxy) is 2. The lowest BCUT2D eigenvalue weighted by Crippen LogP contribution is -2.57. The maximum atomic E-state index is 11.5. The molecule has 0 aromatic heterocycles. The third kappa shape index (κ3) is 3.72. The van der Waals surface area contributed by atoms with Crippen LogP contribution >= 0.6 is 0 Å². The van der Waals surface area contributed by atoms with E-state index in [0.717, 1.165) is 24.7 Å². The summed E-state index contributed by atoms with van der Waals surface area (Å²) in [4.78, 5) is 11.5. The number of fused-ring (bicyclic) bond motifs is 5. The number of aliphatic hydroxyl groups is 1. The molecule has 0 heterocycles. The Morgan fingerprint density at radius 1 is 1.03 bits per heavy atom. The highest BCUT2D eigenvalue weighted by atomic mass is 16.6. The molecule has 9 unspecified atom stereocenters. The zero-order valence-corrected chi connectivity index (χ0v) is 20.0. The summed E-state index contributed by atoms with van der Waals surface area (Å²) in [5, 5.41) is 10.9. The molecule has 176 valence electrons. The van der Waals surface area contributed by atoms with Gasteiger partial charge in [-0.3, -0.25) is 4.79 Å². The molecule has 4 aliphatic rings. The highest BCUT2D eigenvalue weighted by Crippen LogP contribution is 2.66. The monoisotopic (exact) mass is 440 g/mol. The first-order chi connectivity index (χ1) is 15.3. The van der Waals surface area contributed by atoms with Crippen molar-refractivity contribution in [1.82, 2.24) is 0 Å². The van der Waals surface area contributed by atoms with Crippen molar-refractivity contribution in [3.63, 3.8) is 0 Å². The SMILES string of the molecule is CC(=O)OC1CC2CCC3C(CCC4(C)C(OCc5ccccc5)CCC34)C2(C)CC1O. The molecule has 4 nitrogen and oxygen atoms in total. The Morgan fingerprint density at radius 2 is 1.78 bits per heavy atom. The average Bonchev–Trinajstić information content (AvgIpc) is 3.10. The summed E-state index contributed by atoms with van der Waals surface area (Å²) >= 11 is 0. The van der Waals surface area contributed by atoms with Crippen LogP contribution in [0, 0.1) is 34.5 Å². The van der Waals surface area contributed by atoms with E-state index in [1.54, 1.807) is 0 Å². The molecule has 9 atom stereocenters. The van der Waals surface area contributed by atoms with E-state index in [2.05, 4.69) is 44.2 Å². The Hall–Kier alpha value is -1.39. The van der Waals surface area contributed by atoms with Crippen molar-refractivity contribution in [1.29, 1.82) is 0 Å². The molecule has 1 aromatic rings. The first kappa shape index (κ1) is 22.4. The van der Waals surface area contributed by atoms with E-state index < -0.39 is 6.10 Å². The predicted octanol–water partition coefficient (Wildman–Crippen LogP) is 5.52. The fourth-order valence-corrected chi connectivity index (χ4v) is 8.60. The van der Waals surface area contributed by atoms with Crippen LogP contribution in [0.5, 0.6) is 0 Å². The van der Waals surface area contributed by atoms with Gasteiger partial charge in [0.1, 0.15) is 6.10 Å². The first-order valence-corrected chi connectivity index (χ1v) is 12.8. The third-order valence-electron chi connectivity index (χ3n) is 10.2. The molecule has 4 fully saturated rings. The summed E-state index contributed by atoms with van der Waals surface area (Å²) in [6, 6.07) is 10.6. The van der Waals surface area contributed by atoms with Gasteiger partial charge in [0, 0.05) is 6.92 Å². The van der Waals surface area contributed by atoms with E-state index >= 15 is 0 Å². The van der Waals surface area contributed by atoms with Crippen molar-refractivity contribution < 1.29 is 19.4 Å². The second kappa shape index (κ2) is 8.43. The minimum absolute atomic E-state index is 0.156. The molecule has 5 rings (SSSR count). The third-order valence-corrected chi connectivity index (χ3v) is 10.2. The summed E-state index contributed by atoms with van der Waals surface area (Å²) in [6.45, 7) is 7.10. The maximum absolute atomic E-state index is 11.5. The van der Waals surface area contributed by atoms with Gasteiger partial charge in [0.2, 0.25) is 0 Å². The number of rotatable bonds is 4. The average molecular weight is 441 g/mol. The second-order valence-electron chi connectivity index (χ2n) is 11.7. The quantitative estimate of drug-likeness (QED) is 0.627. The normalized spacial score (nSPS) is 45.4. The van der Waals surface area contributed by atoms with Crippen LogP contribution in [0.15, 0.2) is 30.3 Å². The summed E-state index contributed by atoms with van der Waals surface area (Å²) in [5.74, 6) is 2.40. The van der Waals surface area contributed by atoms with Crippen LogP contribution in [0.1, 0.15) is 77.7 Å². The van der Waals surface area contributed by atoms with E-state index in [1.807, 2.05) is 0 Å². The Kier molecular flexibility index (Phi) is 5.90. The van der Waals surface area contributed by atoms with Crippen molar-refractivity contribution in [3.05, 3.63) is 35.9 Å². The number of aliphatic hydroxyl groups excluding tert-OH is 1. The van der Waals surface area contributed by atoms with Gasteiger partial charge in [-0.05, 0) is 91.4 Å². The maximum Gasteiger partial charge on any atom is 0.302 e. The topological polar surface area (TPSA) is 55.8 Å². The highest BCUT2D eigenvalue weighted by molar-refractivity contribution is 5.66. The van der Waals surface area contributed by atoms with Crippen LogP contribution in [0.4, 0.5) is 0 Å². The first-order valence-electron chi connectivity index (χ1n) is 12.8. The molecule has 32 heavy (non-hydrogen) atoms. The number of benzene rings is 1. The lowest BCUT2D eigenvalue weighted by atomic mass is 9.45. The van der Waals surface area contributed by atoms with Crippen LogP contribution in [-0.4, -0.2) is 29.4 Å². The van der Waals surface area contributed by atoms with Gasteiger partial charge in [-0.25, -0.2) is 0 Å². The molecule has 4 saturated carbocycles. The zero-order valence-electron chi connectivity index (χ0n) is 20.0. The van der Waals surface area contributed by atoms with Crippen LogP contribution in [0.3, 0.4) is 0 Å². The number of hydrogen-bond acceptors (Lipinski definition) is 4. The van der Waals surface area contributed by atoms with Gasteiger partial charge >= 0.3 is 5.97 Å². The van der Waals surface area contributed by atoms with Crippen molar-refractivity contribution in [2.45, 2.75) is 97.1 Å². The lowest BCUT2D eigenvalue weighted by molar-refractivity contribution is -0.184. The van der Waals surface area contributed by atoms with Crippen LogP contribution < -0.4 is 0 Å². The highest BCUT2D eigenvalue weighted by Gasteiger charge is 2.61. The lowest BCUT2D eigenvalue weighted by Gasteiger charge is -2.61. The van der Waals surface area contributed by atoms with Gasteiger partial charge < -0.3 is 14.6 Å². The molecule has 4 aliphatic carbocycles. The van der Waals surface area contributed by atoms with Gasteiger partial charge in [0.15, 0.2) is 0 Å². The second-order valence-corrected chi connectivity index (χ2v) is 11.7. The van der Waals surface area contributed by atoms with E-state index in [9.17, 15) is 9.90 Å². The zero-order chi connectivity index (χ0) is 22.5. The summed E-state index contributed by atoms with van der Waals surface area (Å²) in [5.41, 5.74) is 1.69. The standard InChI is InChI=1S/C28H40O4/c1-18(29)32-25-15-20-9-10-21-22-11-12-26(31-17-19-7-5-4-6-8-19)27(22,2)14-13-23(21)28(20,3)16-24(25)30/h4-8,20-26,30H,9-17H2,1-3H3. The van der Waals surface area contributed by atoms with E-state index in [0.29, 0.717) is 24.5 Å². The van der Waals surface area contributed by atoms with Crippen molar-refractivity contribution in [2.24, 2.45) is 34.5 Å². The van der Waals surface area contributed by atoms with Gasteiger partial charge in [-0.1, -0.05) is 44.2 Å². The summed E-state index contributed by atoms with van der Waals surface area (Å²) in [6.07, 6.45) is 8.49. The Bertz CT molecular complexity index is 824. The van der Waals surface area contributed by atoms with Gasteiger partial charge in [0.25, 0.3) is 0 Å². The Morgan fingerprint density at radius 3 is 2.53 bits per heavy atom. The summed E-state index contributed by atoms with van der Waals surface area (Å²) < 4.78 is 12.0. The molecule has 1 N–H and O–H groups in total. The molecule has 1 aromatic carbocycles. The van der Waals surface area contributed by atoms with E-state index in [1.165, 1.54) is 51.0 Å². The number of esters is 1. The Labute approximate surface area is 193 Å². The number of hydrogen-bond donors (Lipinski definition) is 1. The molecule has 0 saturated heterocycles. The molecule has 0 aliphatic heterocycles. The fraction of sp³-hybridized carbons (Fsp3) is 0.750. The van der Waals surface area contributed by atoms with E-state index in [-0.39, 0.29) is 22.9 Å². The number of carbonyl (C=O) groups excluding carboxylic acids is 1. The fourth-order valence-electron chi connectivity index (χ4n) is 8.60. The van der Waals surface area contributed by atoms with Crippen molar-refractivity contribution in [2.75, 3.05) is 0 Å². The largest absolute Gasteiger partial charge is 0.460 e. The smallest absolute Gasteiger partial charge is 0.302 e. The summed E-state index contributed by atoms with van der Waals surface area (Å²) in [7, 11) is 0. The van der Waals surface area contributed by atoms with Gasteiger partial charge in [-0.2, -0.15) is 0 Å². The number of carbonyl (C=O) groups is 1. The van der Waals surface area contributed by atoms with Crippen molar-refractivity contribution in [3.8, 4) is 0 Å². The minimum Gasteiger partial charge on any atom is -0.460 e. The molecule has 0 radical (unpaired) electrons.